The van der Waals surface area contributed by atoms with Crippen molar-refractivity contribution in [2.45, 2.75) is 31.4 Å². The molecule has 0 radical (unpaired) electrons. The van der Waals surface area contributed by atoms with Gasteiger partial charge in [-0.25, -0.2) is 0 Å². The number of anilines is 1. The van der Waals surface area contributed by atoms with Crippen LogP contribution in [0.25, 0.3) is 0 Å². The van der Waals surface area contributed by atoms with Crippen LogP contribution in [0.4, 0.5) is 5.69 Å². The summed E-state index contributed by atoms with van der Waals surface area (Å²) in [6.45, 7) is 3.81. The van der Waals surface area contributed by atoms with Crippen molar-refractivity contribution >= 4 is 23.4 Å². The van der Waals surface area contributed by atoms with Gasteiger partial charge in [-0.05, 0) is 56.2 Å². The molecule has 1 atom stereocenters. The first-order valence-electron chi connectivity index (χ1n) is 6.71. The molecule has 1 saturated heterocycles. The Hall–Kier alpha value is -1.44. The molecule has 2 N–H and O–H groups in total. The minimum Gasteiger partial charge on any atom is -0.384 e. The molecule has 4 heteroatoms. The lowest BCUT2D eigenvalue weighted by molar-refractivity contribution is -0.118. The van der Waals surface area contributed by atoms with Crippen molar-refractivity contribution in [3.63, 3.8) is 0 Å². The molecule has 0 saturated carbocycles. The number of aryl methyl sites for hydroxylation is 1. The molecule has 2 rings (SSSR count). The number of thioether (sulfide) groups is 1. The van der Waals surface area contributed by atoms with E-state index in [0.29, 0.717) is 0 Å². The molecular formula is C16H19NO2S. The zero-order valence-corrected chi connectivity index (χ0v) is 12.6. The number of nitrogens with one attached hydrogen (secondary N) is 1. The van der Waals surface area contributed by atoms with Crippen LogP contribution in [0.2, 0.25) is 0 Å². The average Bonchev–Trinajstić information content (AvgIpc) is 2.87. The van der Waals surface area contributed by atoms with E-state index in [1.807, 2.05) is 32.0 Å². The van der Waals surface area contributed by atoms with E-state index in [1.165, 1.54) is 0 Å². The van der Waals surface area contributed by atoms with Crippen LogP contribution in [0, 0.1) is 18.8 Å². The summed E-state index contributed by atoms with van der Waals surface area (Å²) >= 11 is 1.73. The van der Waals surface area contributed by atoms with Crippen molar-refractivity contribution in [2.75, 3.05) is 17.7 Å². The summed E-state index contributed by atoms with van der Waals surface area (Å²) in [5.74, 6) is 6.61. The highest BCUT2D eigenvalue weighted by Gasteiger charge is 2.37. The van der Waals surface area contributed by atoms with Gasteiger partial charge >= 0.3 is 0 Å². The molecule has 0 aromatic heterocycles. The Kier molecular flexibility index (Phi) is 4.74. The molecule has 106 valence electrons. The van der Waals surface area contributed by atoms with E-state index in [2.05, 4.69) is 17.2 Å². The Labute approximate surface area is 124 Å². The molecule has 1 aliphatic rings. The van der Waals surface area contributed by atoms with Gasteiger partial charge < -0.3 is 10.4 Å². The fraction of sp³-hybridized carbons (Fsp3) is 0.438. The van der Waals surface area contributed by atoms with Gasteiger partial charge in [0.15, 0.2) is 0 Å². The third kappa shape index (κ3) is 3.36. The van der Waals surface area contributed by atoms with Gasteiger partial charge in [0.05, 0.1) is 4.75 Å². The van der Waals surface area contributed by atoms with Gasteiger partial charge in [-0.3, -0.25) is 4.79 Å². The predicted molar refractivity (Wildman–Crippen MR) is 83.9 cm³/mol. The zero-order chi connectivity index (χ0) is 14.6. The molecule has 0 bridgehead atoms. The Balaban J connectivity index is 2.12. The van der Waals surface area contributed by atoms with E-state index in [9.17, 15) is 4.79 Å². The molecule has 20 heavy (non-hydrogen) atoms. The fourth-order valence-electron chi connectivity index (χ4n) is 2.24. The van der Waals surface area contributed by atoms with Crippen LogP contribution in [0.3, 0.4) is 0 Å². The van der Waals surface area contributed by atoms with E-state index in [1.54, 1.807) is 11.8 Å². The van der Waals surface area contributed by atoms with Crippen molar-refractivity contribution in [3.8, 4) is 11.8 Å². The van der Waals surface area contributed by atoms with Crippen LogP contribution < -0.4 is 5.32 Å². The first-order valence-corrected chi connectivity index (χ1v) is 7.69. The van der Waals surface area contributed by atoms with Gasteiger partial charge in [0.1, 0.15) is 6.61 Å². The molecule has 1 amide bonds. The summed E-state index contributed by atoms with van der Waals surface area (Å²) in [4.78, 5) is 12.4. The number of hydrogen-bond donors (Lipinski definition) is 2. The van der Waals surface area contributed by atoms with Gasteiger partial charge in [-0.1, -0.05) is 11.8 Å². The molecule has 1 fully saturated rings. The summed E-state index contributed by atoms with van der Waals surface area (Å²) in [7, 11) is 0. The molecule has 1 unspecified atom stereocenters. The third-order valence-corrected chi connectivity index (χ3v) is 5.00. The molecular weight excluding hydrogens is 270 g/mol. The third-order valence-electron chi connectivity index (χ3n) is 3.49. The van der Waals surface area contributed by atoms with Crippen LogP contribution >= 0.6 is 11.8 Å². The van der Waals surface area contributed by atoms with Gasteiger partial charge in [0.25, 0.3) is 0 Å². The number of hydrogen-bond acceptors (Lipinski definition) is 3. The summed E-state index contributed by atoms with van der Waals surface area (Å²) in [5, 5.41) is 11.7. The monoisotopic (exact) mass is 289 g/mol. The Morgan fingerprint density at radius 2 is 2.35 bits per heavy atom. The number of carbonyl (C=O) groups is 1. The second-order valence-electron chi connectivity index (χ2n) is 5.13. The number of aliphatic hydroxyl groups is 1. The maximum Gasteiger partial charge on any atom is 0.240 e. The van der Waals surface area contributed by atoms with Crippen LogP contribution in [0.1, 0.15) is 30.9 Å². The van der Waals surface area contributed by atoms with Crippen LogP contribution in [0.15, 0.2) is 18.2 Å². The van der Waals surface area contributed by atoms with Crippen molar-refractivity contribution in [1.82, 2.24) is 0 Å². The highest BCUT2D eigenvalue weighted by Crippen LogP contribution is 2.38. The lowest BCUT2D eigenvalue weighted by atomic mass is 10.0. The number of benzene rings is 1. The second kappa shape index (κ2) is 6.34. The predicted octanol–water partition coefficient (Wildman–Crippen LogP) is 2.56. The van der Waals surface area contributed by atoms with Crippen LogP contribution in [-0.2, 0) is 4.79 Å². The fourth-order valence-corrected chi connectivity index (χ4v) is 3.45. The maximum atomic E-state index is 12.4. The summed E-state index contributed by atoms with van der Waals surface area (Å²) < 4.78 is -0.304. The molecule has 1 aromatic rings. The van der Waals surface area contributed by atoms with Gasteiger partial charge in [0, 0.05) is 11.3 Å². The van der Waals surface area contributed by atoms with E-state index in [-0.39, 0.29) is 17.3 Å². The van der Waals surface area contributed by atoms with Crippen molar-refractivity contribution in [1.29, 1.82) is 0 Å². The minimum absolute atomic E-state index is 0.0808. The Morgan fingerprint density at radius 1 is 1.55 bits per heavy atom. The SMILES string of the molecule is Cc1cc(C#CCO)ccc1NC(=O)C1(C)CCCS1. The smallest absolute Gasteiger partial charge is 0.240 e. The lowest BCUT2D eigenvalue weighted by Crippen LogP contribution is -2.34. The van der Waals surface area contributed by atoms with Gasteiger partial charge in [0.2, 0.25) is 5.91 Å². The number of aliphatic hydroxyl groups excluding tert-OH is 1. The average molecular weight is 289 g/mol. The summed E-state index contributed by atoms with van der Waals surface area (Å²) in [6, 6.07) is 5.65. The second-order valence-corrected chi connectivity index (χ2v) is 6.72. The van der Waals surface area contributed by atoms with Gasteiger partial charge in [-0.2, -0.15) is 0 Å². The largest absolute Gasteiger partial charge is 0.384 e. The van der Waals surface area contributed by atoms with E-state index >= 15 is 0 Å². The molecule has 1 aliphatic heterocycles. The highest BCUT2D eigenvalue weighted by atomic mass is 32.2. The molecule has 0 aliphatic carbocycles. The quantitative estimate of drug-likeness (QED) is 0.823. The van der Waals surface area contributed by atoms with Gasteiger partial charge in [-0.15, -0.1) is 11.8 Å². The summed E-state index contributed by atoms with van der Waals surface area (Å²) in [5.41, 5.74) is 2.66. The Bertz CT molecular complexity index is 566. The topological polar surface area (TPSA) is 49.3 Å². The first-order chi connectivity index (χ1) is 9.55. The van der Waals surface area contributed by atoms with Crippen LogP contribution in [0.5, 0.6) is 0 Å². The van der Waals surface area contributed by atoms with E-state index in [4.69, 9.17) is 5.11 Å². The molecule has 1 heterocycles. The maximum absolute atomic E-state index is 12.4. The van der Waals surface area contributed by atoms with E-state index in [0.717, 1.165) is 35.4 Å². The van der Waals surface area contributed by atoms with Crippen molar-refractivity contribution < 1.29 is 9.90 Å². The number of rotatable bonds is 2. The Morgan fingerprint density at radius 3 is 2.95 bits per heavy atom. The standard InChI is InChI=1S/C16H19NO2S/c1-12-11-13(5-3-9-18)6-7-14(12)17-15(19)16(2)8-4-10-20-16/h6-7,11,18H,4,8-10H2,1-2H3,(H,17,19). The zero-order valence-electron chi connectivity index (χ0n) is 11.8. The minimum atomic E-state index is -0.304. The van der Waals surface area contributed by atoms with Crippen LogP contribution in [-0.4, -0.2) is 28.1 Å². The number of carbonyl (C=O) groups excluding carboxylic acids is 1. The first kappa shape index (κ1) is 15.0. The molecule has 0 spiro atoms. The van der Waals surface area contributed by atoms with Crippen molar-refractivity contribution in [3.05, 3.63) is 29.3 Å². The lowest BCUT2D eigenvalue weighted by Gasteiger charge is -2.22. The highest BCUT2D eigenvalue weighted by molar-refractivity contribution is 8.01. The van der Waals surface area contributed by atoms with Crippen molar-refractivity contribution in [2.24, 2.45) is 0 Å². The number of amides is 1. The summed E-state index contributed by atoms with van der Waals surface area (Å²) in [6.07, 6.45) is 2.03. The molecule has 1 aromatic carbocycles. The van der Waals surface area contributed by atoms with E-state index < -0.39 is 0 Å². The molecule has 3 nitrogen and oxygen atoms in total. The normalized spacial score (nSPS) is 21.1.